The van der Waals surface area contributed by atoms with Gasteiger partial charge in [0.25, 0.3) is 0 Å². The average Bonchev–Trinajstić information content (AvgIpc) is 2.42. The van der Waals surface area contributed by atoms with Gasteiger partial charge in [0.1, 0.15) is 0 Å². The Balaban J connectivity index is 1.94. The van der Waals surface area contributed by atoms with Gasteiger partial charge in [-0.15, -0.1) is 0 Å². The van der Waals surface area contributed by atoms with Gasteiger partial charge in [0.2, 0.25) is 0 Å². The van der Waals surface area contributed by atoms with E-state index in [0.717, 1.165) is 18.6 Å². The third-order valence-electron chi connectivity index (χ3n) is 3.71. The number of hydrazone groups is 1. The lowest BCUT2D eigenvalue weighted by atomic mass is 9.80. The third kappa shape index (κ3) is 3.81. The zero-order valence-electron chi connectivity index (χ0n) is 11.4. The molecule has 1 aliphatic carbocycles. The van der Waals surface area contributed by atoms with E-state index in [1.807, 2.05) is 6.92 Å². The molecule has 0 radical (unpaired) electrons. The fourth-order valence-corrected chi connectivity index (χ4v) is 2.74. The summed E-state index contributed by atoms with van der Waals surface area (Å²) < 4.78 is 0. The van der Waals surface area contributed by atoms with Gasteiger partial charge in [0.15, 0.2) is 0 Å². The fraction of sp³-hybridized carbons (Fsp3) is 0.467. The number of carbonyl (C=O) groups excluding carboxylic acids is 1. The molecule has 4 nitrogen and oxygen atoms in total. The minimum atomic E-state index is -0.609. The van der Waals surface area contributed by atoms with Gasteiger partial charge >= 0.3 is 6.03 Å². The van der Waals surface area contributed by atoms with E-state index in [-0.39, 0.29) is 0 Å². The zero-order chi connectivity index (χ0) is 13.7. The highest BCUT2D eigenvalue weighted by Crippen LogP contribution is 2.34. The number of rotatable bonds is 4. The van der Waals surface area contributed by atoms with Crippen LogP contribution >= 0.6 is 0 Å². The van der Waals surface area contributed by atoms with Crippen molar-refractivity contribution in [2.24, 2.45) is 10.8 Å². The van der Waals surface area contributed by atoms with Crippen molar-refractivity contribution in [3.63, 3.8) is 0 Å². The minimum Gasteiger partial charge on any atom is -0.350 e. The summed E-state index contributed by atoms with van der Waals surface area (Å²) in [6.45, 7) is 1.92. The van der Waals surface area contributed by atoms with Crippen molar-refractivity contribution < 1.29 is 4.79 Å². The molecule has 1 aromatic carbocycles. The molecule has 1 unspecified atom stereocenters. The third-order valence-corrected chi connectivity index (χ3v) is 3.71. The van der Waals surface area contributed by atoms with E-state index in [1.54, 1.807) is 0 Å². The van der Waals surface area contributed by atoms with Crippen LogP contribution in [0.25, 0.3) is 0 Å². The normalized spacial score (nSPS) is 18.8. The van der Waals surface area contributed by atoms with Gasteiger partial charge in [-0.1, -0.05) is 24.3 Å². The first-order valence-electron chi connectivity index (χ1n) is 6.83. The van der Waals surface area contributed by atoms with E-state index < -0.39 is 6.03 Å². The molecule has 0 bridgehead atoms. The first-order chi connectivity index (χ1) is 9.16. The van der Waals surface area contributed by atoms with Crippen LogP contribution in [0.1, 0.15) is 49.7 Å². The summed E-state index contributed by atoms with van der Waals surface area (Å²) in [6, 6.07) is 8.10. The maximum Gasteiger partial charge on any atom is 0.332 e. The van der Waals surface area contributed by atoms with Crippen LogP contribution in [-0.2, 0) is 6.42 Å². The number of hydrogen-bond acceptors (Lipinski definition) is 2. The van der Waals surface area contributed by atoms with Crippen LogP contribution in [0, 0.1) is 0 Å². The Morgan fingerprint density at radius 1 is 1.47 bits per heavy atom. The molecule has 0 heterocycles. The first kappa shape index (κ1) is 13.6. The summed E-state index contributed by atoms with van der Waals surface area (Å²) >= 11 is 0. The maximum atomic E-state index is 10.6. The lowest BCUT2D eigenvalue weighted by Gasteiger charge is -2.25. The maximum absolute atomic E-state index is 10.6. The van der Waals surface area contributed by atoms with Crippen LogP contribution in [0.5, 0.6) is 0 Å². The molecule has 3 N–H and O–H groups in total. The molecule has 1 aromatic rings. The molecule has 0 aromatic heterocycles. The van der Waals surface area contributed by atoms with Crippen molar-refractivity contribution in [3.05, 3.63) is 35.4 Å². The number of aryl methyl sites for hydroxylation is 1. The lowest BCUT2D eigenvalue weighted by molar-refractivity contribution is 0.249. The van der Waals surface area contributed by atoms with Crippen molar-refractivity contribution in [2.45, 2.75) is 44.9 Å². The number of nitrogens with one attached hydrogen (secondary N) is 1. The molecule has 2 rings (SSSR count). The summed E-state index contributed by atoms with van der Waals surface area (Å²) in [7, 11) is 0. The van der Waals surface area contributed by atoms with Gasteiger partial charge < -0.3 is 5.73 Å². The molecule has 19 heavy (non-hydrogen) atoms. The van der Waals surface area contributed by atoms with Crippen LogP contribution in [0.2, 0.25) is 0 Å². The molecule has 0 aliphatic heterocycles. The standard InChI is InChI=1S/C15H21N3O/c1-11(17-18-15(16)19)9-10-13-7-4-6-12-5-2-3-8-14(12)13/h2-3,5,8,13H,4,6-7,9-10H2,1H3,(H3,16,18,19)/b17-11-. The molecule has 102 valence electrons. The molecular formula is C15H21N3O. The number of carbonyl (C=O) groups is 1. The zero-order valence-corrected chi connectivity index (χ0v) is 11.4. The molecule has 1 atom stereocenters. The minimum absolute atomic E-state index is 0.609. The highest BCUT2D eigenvalue weighted by atomic mass is 16.2. The summed E-state index contributed by atoms with van der Waals surface area (Å²) in [4.78, 5) is 10.6. The van der Waals surface area contributed by atoms with E-state index in [0.29, 0.717) is 5.92 Å². The Bertz CT molecular complexity index is 482. The molecule has 1 aliphatic rings. The molecule has 0 fully saturated rings. The quantitative estimate of drug-likeness (QED) is 0.633. The van der Waals surface area contributed by atoms with Crippen molar-refractivity contribution in [1.82, 2.24) is 5.43 Å². The van der Waals surface area contributed by atoms with Gasteiger partial charge in [0, 0.05) is 5.71 Å². The Morgan fingerprint density at radius 3 is 3.05 bits per heavy atom. The fourth-order valence-electron chi connectivity index (χ4n) is 2.74. The number of hydrogen-bond donors (Lipinski definition) is 2. The number of nitrogens with zero attached hydrogens (tertiary/aromatic N) is 1. The second-order valence-electron chi connectivity index (χ2n) is 5.15. The predicted octanol–water partition coefficient (Wildman–Crippen LogP) is 2.93. The number of primary amides is 1. The molecule has 0 saturated carbocycles. The average molecular weight is 259 g/mol. The number of urea groups is 1. The van der Waals surface area contributed by atoms with Gasteiger partial charge in [-0.3, -0.25) is 0 Å². The number of amides is 2. The summed E-state index contributed by atoms with van der Waals surface area (Å²) in [6.07, 6.45) is 5.67. The van der Waals surface area contributed by atoms with Crippen LogP contribution in [0.4, 0.5) is 4.79 Å². The SMILES string of the molecule is C/C(CCC1CCCc2ccccc21)=N/NC(N)=O. The van der Waals surface area contributed by atoms with E-state index >= 15 is 0 Å². The monoisotopic (exact) mass is 259 g/mol. The summed E-state index contributed by atoms with van der Waals surface area (Å²) in [5.41, 5.74) is 11.2. The van der Waals surface area contributed by atoms with Gasteiger partial charge in [-0.25, -0.2) is 10.2 Å². The Kier molecular flexibility index (Phi) is 4.55. The summed E-state index contributed by atoms with van der Waals surface area (Å²) in [5, 5.41) is 3.96. The Hall–Kier alpha value is -1.84. The van der Waals surface area contributed by atoms with Crippen LogP contribution < -0.4 is 11.2 Å². The van der Waals surface area contributed by atoms with E-state index in [1.165, 1.54) is 30.4 Å². The van der Waals surface area contributed by atoms with E-state index in [4.69, 9.17) is 5.73 Å². The smallest absolute Gasteiger partial charge is 0.332 e. The first-order valence-corrected chi connectivity index (χ1v) is 6.83. The molecular weight excluding hydrogens is 238 g/mol. The highest BCUT2D eigenvalue weighted by molar-refractivity contribution is 5.83. The Labute approximate surface area is 114 Å². The van der Waals surface area contributed by atoms with Gasteiger partial charge in [-0.2, -0.15) is 5.10 Å². The lowest BCUT2D eigenvalue weighted by Crippen LogP contribution is -2.25. The van der Waals surface area contributed by atoms with Crippen LogP contribution in [0.15, 0.2) is 29.4 Å². The van der Waals surface area contributed by atoms with Crippen molar-refractivity contribution in [2.75, 3.05) is 0 Å². The van der Waals surface area contributed by atoms with E-state index in [2.05, 4.69) is 34.8 Å². The van der Waals surface area contributed by atoms with Crippen molar-refractivity contribution in [3.8, 4) is 0 Å². The molecule has 4 heteroatoms. The number of benzene rings is 1. The highest BCUT2D eigenvalue weighted by Gasteiger charge is 2.19. The number of fused-ring (bicyclic) bond motifs is 1. The largest absolute Gasteiger partial charge is 0.350 e. The van der Waals surface area contributed by atoms with E-state index in [9.17, 15) is 4.79 Å². The van der Waals surface area contributed by atoms with Gasteiger partial charge in [-0.05, 0) is 56.1 Å². The molecule has 2 amide bonds. The second-order valence-corrected chi connectivity index (χ2v) is 5.15. The topological polar surface area (TPSA) is 67.5 Å². The summed E-state index contributed by atoms with van der Waals surface area (Å²) in [5.74, 6) is 0.615. The second kappa shape index (κ2) is 6.36. The van der Waals surface area contributed by atoms with Crippen molar-refractivity contribution >= 4 is 11.7 Å². The van der Waals surface area contributed by atoms with Crippen LogP contribution in [0.3, 0.4) is 0 Å². The molecule has 0 spiro atoms. The van der Waals surface area contributed by atoms with Gasteiger partial charge in [0.05, 0.1) is 0 Å². The molecule has 0 saturated heterocycles. The van der Waals surface area contributed by atoms with Crippen LogP contribution in [-0.4, -0.2) is 11.7 Å². The number of nitrogens with two attached hydrogens (primary N) is 1. The predicted molar refractivity (Wildman–Crippen MR) is 77.2 cm³/mol. The van der Waals surface area contributed by atoms with Crippen molar-refractivity contribution in [1.29, 1.82) is 0 Å². The Morgan fingerprint density at radius 2 is 2.26 bits per heavy atom.